The second-order valence-electron chi connectivity index (χ2n) is 4.46. The number of carbonyl (C=O) groups is 1. The van der Waals surface area contributed by atoms with E-state index >= 15 is 0 Å². The Morgan fingerprint density at radius 3 is 2.71 bits per heavy atom. The Morgan fingerprint density at radius 2 is 2.14 bits per heavy atom. The van der Waals surface area contributed by atoms with E-state index in [0.29, 0.717) is 5.69 Å². The number of aliphatic carboxylic acids is 1. The fourth-order valence-electron chi connectivity index (χ4n) is 1.62. The van der Waals surface area contributed by atoms with E-state index in [-0.39, 0.29) is 0 Å². The van der Waals surface area contributed by atoms with Crippen LogP contribution in [0.2, 0.25) is 0 Å². The number of nitrogens with one attached hydrogen (secondary N) is 1. The number of thiazole rings is 1. The van der Waals surface area contributed by atoms with E-state index in [1.54, 1.807) is 18.2 Å². The molecule has 1 heterocycles. The highest BCUT2D eigenvalue weighted by atomic mass is 32.2. The van der Waals surface area contributed by atoms with Gasteiger partial charge in [0.15, 0.2) is 5.25 Å². The molecule has 0 amide bonds. The zero-order valence-electron chi connectivity index (χ0n) is 11.4. The number of sulfonamides is 1. The van der Waals surface area contributed by atoms with Crippen LogP contribution < -0.4 is 4.72 Å². The van der Waals surface area contributed by atoms with Crippen LogP contribution in [-0.2, 0) is 14.8 Å². The molecule has 1 aromatic heterocycles. The van der Waals surface area contributed by atoms with Gasteiger partial charge in [-0.25, -0.2) is 13.4 Å². The molecule has 21 heavy (non-hydrogen) atoms. The largest absolute Gasteiger partial charge is 0.480 e. The molecule has 0 radical (unpaired) electrons. The Bertz CT molecular complexity index is 768. The van der Waals surface area contributed by atoms with Crippen molar-refractivity contribution in [2.45, 2.75) is 19.1 Å². The molecule has 8 heteroatoms. The minimum absolute atomic E-state index is 0.311. The second-order valence-corrected chi connectivity index (χ2v) is 7.52. The van der Waals surface area contributed by atoms with Crippen molar-refractivity contribution >= 4 is 33.0 Å². The normalized spacial score (nSPS) is 12.9. The van der Waals surface area contributed by atoms with Crippen LogP contribution >= 0.6 is 11.3 Å². The van der Waals surface area contributed by atoms with E-state index < -0.39 is 21.2 Å². The molecule has 0 spiro atoms. The van der Waals surface area contributed by atoms with Crippen LogP contribution in [0.15, 0.2) is 29.6 Å². The lowest BCUT2D eigenvalue weighted by molar-refractivity contribution is -0.136. The van der Waals surface area contributed by atoms with Gasteiger partial charge in [-0.2, -0.15) is 0 Å². The maximum absolute atomic E-state index is 11.9. The number of carboxylic acid groups (broad SMARTS) is 1. The lowest BCUT2D eigenvalue weighted by Crippen LogP contribution is -2.32. The molecule has 2 N–H and O–H groups in total. The smallest absolute Gasteiger partial charge is 0.323 e. The van der Waals surface area contributed by atoms with Crippen molar-refractivity contribution < 1.29 is 18.3 Å². The van der Waals surface area contributed by atoms with Gasteiger partial charge in [-0.1, -0.05) is 12.1 Å². The van der Waals surface area contributed by atoms with Crippen LogP contribution in [-0.4, -0.2) is 29.7 Å². The fourth-order valence-corrected chi connectivity index (χ4v) is 3.14. The highest BCUT2D eigenvalue weighted by molar-refractivity contribution is 7.94. The predicted octanol–water partition coefficient (Wildman–Crippen LogP) is 2.33. The topological polar surface area (TPSA) is 96.4 Å². The van der Waals surface area contributed by atoms with Gasteiger partial charge in [-0.05, 0) is 26.0 Å². The first-order chi connectivity index (χ1) is 9.79. The van der Waals surface area contributed by atoms with Crippen LogP contribution in [0, 0.1) is 6.92 Å². The molecule has 0 bridgehead atoms. The monoisotopic (exact) mass is 326 g/mol. The van der Waals surface area contributed by atoms with Crippen molar-refractivity contribution in [1.29, 1.82) is 0 Å². The molecule has 2 rings (SSSR count). The summed E-state index contributed by atoms with van der Waals surface area (Å²) in [5.41, 5.74) is 1.83. The first-order valence-electron chi connectivity index (χ1n) is 6.06. The van der Waals surface area contributed by atoms with E-state index in [2.05, 4.69) is 9.71 Å². The molecule has 112 valence electrons. The quantitative estimate of drug-likeness (QED) is 0.879. The molecule has 0 fully saturated rings. The van der Waals surface area contributed by atoms with E-state index in [1.807, 2.05) is 18.4 Å². The molecule has 0 saturated carbocycles. The van der Waals surface area contributed by atoms with E-state index in [9.17, 15) is 13.2 Å². The fraction of sp³-hybridized carbons (Fsp3) is 0.231. The third kappa shape index (κ3) is 3.59. The van der Waals surface area contributed by atoms with E-state index in [1.165, 1.54) is 11.3 Å². The van der Waals surface area contributed by atoms with Gasteiger partial charge >= 0.3 is 5.97 Å². The van der Waals surface area contributed by atoms with Gasteiger partial charge in [0.25, 0.3) is 0 Å². The van der Waals surface area contributed by atoms with Gasteiger partial charge in [-0.15, -0.1) is 11.3 Å². The molecule has 1 aromatic carbocycles. The van der Waals surface area contributed by atoms with Crippen LogP contribution in [0.3, 0.4) is 0 Å². The van der Waals surface area contributed by atoms with Crippen molar-refractivity contribution in [2.75, 3.05) is 4.72 Å². The number of rotatable bonds is 5. The minimum atomic E-state index is -3.97. The van der Waals surface area contributed by atoms with E-state index in [0.717, 1.165) is 23.2 Å². The Kier molecular flexibility index (Phi) is 4.29. The highest BCUT2D eigenvalue weighted by Gasteiger charge is 2.27. The van der Waals surface area contributed by atoms with Gasteiger partial charge in [0.05, 0.1) is 10.7 Å². The summed E-state index contributed by atoms with van der Waals surface area (Å²) in [6.07, 6.45) is 0. The van der Waals surface area contributed by atoms with Crippen LogP contribution in [0.25, 0.3) is 11.3 Å². The predicted molar refractivity (Wildman–Crippen MR) is 81.9 cm³/mol. The molecule has 0 aliphatic rings. The molecule has 6 nitrogen and oxygen atoms in total. The molecule has 1 unspecified atom stereocenters. The van der Waals surface area contributed by atoms with Crippen LogP contribution in [0.4, 0.5) is 5.69 Å². The summed E-state index contributed by atoms with van der Waals surface area (Å²) in [5.74, 6) is -1.39. The number of hydrogen-bond donors (Lipinski definition) is 2. The van der Waals surface area contributed by atoms with Gasteiger partial charge in [0.2, 0.25) is 10.0 Å². The zero-order chi connectivity index (χ0) is 15.6. The molecule has 0 saturated heterocycles. The maximum atomic E-state index is 11.9. The van der Waals surface area contributed by atoms with Crippen molar-refractivity contribution in [1.82, 2.24) is 4.98 Å². The number of aryl methyl sites for hydroxylation is 1. The second kappa shape index (κ2) is 5.82. The summed E-state index contributed by atoms with van der Waals surface area (Å²) in [5, 5.41) is 10.1. The van der Waals surface area contributed by atoms with Crippen LogP contribution in [0.1, 0.15) is 11.9 Å². The van der Waals surface area contributed by atoms with Gasteiger partial charge in [0.1, 0.15) is 0 Å². The summed E-state index contributed by atoms with van der Waals surface area (Å²) >= 11 is 1.50. The minimum Gasteiger partial charge on any atom is -0.480 e. The van der Waals surface area contributed by atoms with Gasteiger partial charge in [-0.3, -0.25) is 9.52 Å². The number of aromatic nitrogens is 1. The molecular weight excluding hydrogens is 312 g/mol. The molecular formula is C13H14N2O4S2. The number of benzene rings is 1. The summed E-state index contributed by atoms with van der Waals surface area (Å²) in [7, 11) is -3.97. The summed E-state index contributed by atoms with van der Waals surface area (Å²) < 4.78 is 26.1. The van der Waals surface area contributed by atoms with Gasteiger partial charge < -0.3 is 5.11 Å². The Morgan fingerprint density at radius 1 is 1.43 bits per heavy atom. The van der Waals surface area contributed by atoms with Crippen molar-refractivity contribution in [3.05, 3.63) is 34.7 Å². The summed E-state index contributed by atoms with van der Waals surface area (Å²) in [6.45, 7) is 3.01. The number of nitrogens with zero attached hydrogens (tertiary/aromatic N) is 1. The number of anilines is 1. The Labute approximate surface area is 126 Å². The highest BCUT2D eigenvalue weighted by Crippen LogP contribution is 2.24. The summed E-state index contributed by atoms with van der Waals surface area (Å²) in [6, 6.07) is 6.69. The van der Waals surface area contributed by atoms with Crippen molar-refractivity contribution in [2.24, 2.45) is 0 Å². The third-order valence-electron chi connectivity index (χ3n) is 2.85. The average molecular weight is 326 g/mol. The number of hydrogen-bond acceptors (Lipinski definition) is 5. The molecule has 1 atom stereocenters. The zero-order valence-corrected chi connectivity index (χ0v) is 13.0. The van der Waals surface area contributed by atoms with Crippen molar-refractivity contribution in [3.8, 4) is 11.3 Å². The third-order valence-corrected chi connectivity index (χ3v) is 5.28. The summed E-state index contributed by atoms with van der Waals surface area (Å²) in [4.78, 5) is 15.1. The van der Waals surface area contributed by atoms with Crippen LogP contribution in [0.5, 0.6) is 0 Å². The number of carboxylic acids is 1. The molecule has 0 aliphatic carbocycles. The first-order valence-corrected chi connectivity index (χ1v) is 8.49. The Hall–Kier alpha value is -1.93. The average Bonchev–Trinajstić information content (AvgIpc) is 2.84. The standard InChI is InChI=1S/C13H14N2O4S2/c1-8(13(16)17)21(18,19)15-11-5-3-4-10(6-11)12-7-20-9(2)14-12/h3-8,15H,1-2H3,(H,16,17). The van der Waals surface area contributed by atoms with E-state index in [4.69, 9.17) is 5.11 Å². The first kappa shape index (κ1) is 15.5. The Balaban J connectivity index is 2.28. The van der Waals surface area contributed by atoms with Crippen molar-refractivity contribution in [3.63, 3.8) is 0 Å². The maximum Gasteiger partial charge on any atom is 0.323 e. The van der Waals surface area contributed by atoms with Gasteiger partial charge in [0, 0.05) is 16.6 Å². The molecule has 0 aliphatic heterocycles. The lowest BCUT2D eigenvalue weighted by atomic mass is 10.1. The SMILES string of the molecule is Cc1nc(-c2cccc(NS(=O)(=O)C(C)C(=O)O)c2)cs1. The molecule has 2 aromatic rings. The lowest BCUT2D eigenvalue weighted by Gasteiger charge is -2.11.